The van der Waals surface area contributed by atoms with Crippen molar-refractivity contribution in [2.75, 3.05) is 7.11 Å². The number of esters is 1. The lowest BCUT2D eigenvalue weighted by molar-refractivity contribution is -0.142. The Bertz CT molecular complexity index is 1010. The van der Waals surface area contributed by atoms with Gasteiger partial charge in [-0.1, -0.05) is 73.5 Å². The molecule has 3 aromatic rings. The van der Waals surface area contributed by atoms with Crippen LogP contribution in [0.15, 0.2) is 65.8 Å². The van der Waals surface area contributed by atoms with Gasteiger partial charge in [-0.3, -0.25) is 4.99 Å². The number of aromatic nitrogens is 2. The highest BCUT2D eigenvalue weighted by molar-refractivity contribution is 6.31. The second-order valence-corrected chi connectivity index (χ2v) is 7.79. The second-order valence-electron chi connectivity index (χ2n) is 7.39. The number of hydrogen-bond donors (Lipinski definition) is 0. The molecule has 2 aromatic carbocycles. The Morgan fingerprint density at radius 3 is 2.65 bits per heavy atom. The fraction of sp³-hybridized carbons (Fsp3) is 0.320. The number of aryl methyl sites for hydroxylation is 1. The first-order chi connectivity index (χ1) is 15.1. The summed E-state index contributed by atoms with van der Waals surface area (Å²) in [5.41, 5.74) is 2.89. The van der Waals surface area contributed by atoms with Crippen molar-refractivity contribution in [1.82, 2.24) is 9.55 Å². The van der Waals surface area contributed by atoms with Gasteiger partial charge in [-0.25, -0.2) is 9.78 Å². The molecule has 0 saturated heterocycles. The molecule has 0 amide bonds. The maximum atomic E-state index is 12.3. The number of hydrogen-bond acceptors (Lipinski definition) is 4. The Morgan fingerprint density at radius 1 is 1.19 bits per heavy atom. The van der Waals surface area contributed by atoms with Gasteiger partial charge in [0.15, 0.2) is 6.04 Å². The van der Waals surface area contributed by atoms with Crippen LogP contribution in [0, 0.1) is 0 Å². The van der Waals surface area contributed by atoms with Crippen LogP contribution in [0.2, 0.25) is 5.02 Å². The third-order valence-electron chi connectivity index (χ3n) is 5.14. The Balaban J connectivity index is 1.88. The quantitative estimate of drug-likeness (QED) is 0.326. The maximum absolute atomic E-state index is 12.3. The lowest BCUT2D eigenvalue weighted by Crippen LogP contribution is -2.23. The molecule has 0 bridgehead atoms. The van der Waals surface area contributed by atoms with Crippen molar-refractivity contribution >= 4 is 23.8 Å². The average Bonchev–Trinajstić information content (AvgIpc) is 3.18. The van der Waals surface area contributed by atoms with Crippen LogP contribution in [-0.4, -0.2) is 34.9 Å². The van der Waals surface area contributed by atoms with Crippen LogP contribution in [0.25, 0.3) is 0 Å². The van der Waals surface area contributed by atoms with E-state index in [0.29, 0.717) is 13.0 Å². The van der Waals surface area contributed by atoms with Crippen molar-refractivity contribution in [3.05, 3.63) is 88.5 Å². The van der Waals surface area contributed by atoms with E-state index in [9.17, 15) is 4.79 Å². The Morgan fingerprint density at radius 2 is 1.94 bits per heavy atom. The van der Waals surface area contributed by atoms with Gasteiger partial charge in [0.25, 0.3) is 0 Å². The molecule has 0 N–H and O–H groups in total. The van der Waals surface area contributed by atoms with Crippen LogP contribution >= 0.6 is 11.6 Å². The zero-order valence-corrected chi connectivity index (χ0v) is 18.8. The average molecular weight is 438 g/mol. The van der Waals surface area contributed by atoms with Gasteiger partial charge in [-0.2, -0.15) is 0 Å². The molecule has 1 aromatic heterocycles. The van der Waals surface area contributed by atoms with Crippen LogP contribution in [0.4, 0.5) is 0 Å². The highest BCUT2D eigenvalue weighted by Crippen LogP contribution is 2.19. The fourth-order valence-corrected chi connectivity index (χ4v) is 3.58. The number of aliphatic imine (C=N–C) groups is 1. The van der Waals surface area contributed by atoms with Gasteiger partial charge in [0.1, 0.15) is 5.82 Å². The van der Waals surface area contributed by atoms with Crippen molar-refractivity contribution < 1.29 is 9.53 Å². The Labute approximate surface area is 188 Å². The first kappa shape index (κ1) is 22.8. The van der Waals surface area contributed by atoms with Crippen LogP contribution in [0.5, 0.6) is 0 Å². The van der Waals surface area contributed by atoms with E-state index in [1.807, 2.05) is 60.8 Å². The number of imidazole rings is 1. The normalized spacial score (nSPS) is 12.2. The molecule has 0 saturated carbocycles. The third-order valence-corrected chi connectivity index (χ3v) is 5.51. The molecule has 1 heterocycles. The van der Waals surface area contributed by atoms with Gasteiger partial charge < -0.3 is 9.30 Å². The van der Waals surface area contributed by atoms with E-state index < -0.39 is 6.04 Å². The molecule has 0 aliphatic heterocycles. The first-order valence-electron chi connectivity index (χ1n) is 10.5. The molecule has 0 spiro atoms. The highest BCUT2D eigenvalue weighted by Gasteiger charge is 2.19. The predicted octanol–water partition coefficient (Wildman–Crippen LogP) is 5.13. The van der Waals surface area contributed by atoms with Gasteiger partial charge in [0.2, 0.25) is 0 Å². The number of carbonyl (C=O) groups is 1. The number of halogens is 1. The van der Waals surface area contributed by atoms with Gasteiger partial charge in [-0.15, -0.1) is 0 Å². The minimum atomic E-state index is -0.616. The molecular formula is C25H28ClN3O2. The van der Waals surface area contributed by atoms with E-state index in [1.54, 1.807) is 6.21 Å². The van der Waals surface area contributed by atoms with Gasteiger partial charge in [0.05, 0.1) is 25.5 Å². The largest absolute Gasteiger partial charge is 0.467 e. The summed E-state index contributed by atoms with van der Waals surface area (Å²) in [6.07, 6.45) is 7.02. The lowest BCUT2D eigenvalue weighted by atomic mass is 10.1. The standard InChI is InChI=1S/C25H28ClN3O2/c1-3-4-14-24-28-17-21(29(24)18-20-12-8-9-13-22(20)26)16-27-23(25(30)31-2)15-19-10-6-5-7-11-19/h5-13,16-17,23H,3-4,14-15,18H2,1-2H3/b27-16-. The molecule has 0 fully saturated rings. The summed E-state index contributed by atoms with van der Waals surface area (Å²) in [5.74, 6) is 0.629. The summed E-state index contributed by atoms with van der Waals surface area (Å²) in [6.45, 7) is 2.76. The van der Waals surface area contributed by atoms with Crippen molar-refractivity contribution in [2.45, 2.75) is 45.2 Å². The van der Waals surface area contributed by atoms with E-state index in [0.717, 1.165) is 46.9 Å². The Kier molecular flexibility index (Phi) is 8.42. The van der Waals surface area contributed by atoms with Gasteiger partial charge in [0, 0.05) is 24.1 Å². The lowest BCUT2D eigenvalue weighted by Gasteiger charge is -2.13. The molecule has 1 atom stereocenters. The van der Waals surface area contributed by atoms with E-state index in [4.69, 9.17) is 16.3 Å². The molecule has 0 radical (unpaired) electrons. The van der Waals surface area contributed by atoms with Crippen LogP contribution in [-0.2, 0) is 28.9 Å². The van der Waals surface area contributed by atoms with Crippen molar-refractivity contribution in [3.8, 4) is 0 Å². The molecule has 162 valence electrons. The van der Waals surface area contributed by atoms with Gasteiger partial charge >= 0.3 is 5.97 Å². The third kappa shape index (κ3) is 6.28. The topological polar surface area (TPSA) is 56.5 Å². The fourth-order valence-electron chi connectivity index (χ4n) is 3.38. The molecule has 0 aliphatic carbocycles. The van der Waals surface area contributed by atoms with E-state index in [2.05, 4.69) is 21.5 Å². The van der Waals surface area contributed by atoms with E-state index in [-0.39, 0.29) is 5.97 Å². The summed E-state index contributed by atoms with van der Waals surface area (Å²) in [4.78, 5) is 21.5. The predicted molar refractivity (Wildman–Crippen MR) is 125 cm³/mol. The molecule has 5 nitrogen and oxygen atoms in total. The summed E-state index contributed by atoms with van der Waals surface area (Å²) in [6, 6.07) is 17.0. The molecule has 6 heteroatoms. The van der Waals surface area contributed by atoms with E-state index in [1.165, 1.54) is 7.11 Å². The second kappa shape index (κ2) is 11.5. The summed E-state index contributed by atoms with van der Waals surface area (Å²) >= 11 is 6.40. The van der Waals surface area contributed by atoms with Gasteiger partial charge in [-0.05, 0) is 23.6 Å². The monoisotopic (exact) mass is 437 g/mol. The van der Waals surface area contributed by atoms with E-state index >= 15 is 0 Å². The molecule has 31 heavy (non-hydrogen) atoms. The van der Waals surface area contributed by atoms with Crippen molar-refractivity contribution in [3.63, 3.8) is 0 Å². The summed E-state index contributed by atoms with van der Waals surface area (Å²) in [7, 11) is 1.39. The number of ether oxygens (including phenoxy) is 1. The number of unbranched alkanes of at least 4 members (excludes halogenated alkanes) is 1. The molecule has 3 rings (SSSR count). The minimum Gasteiger partial charge on any atom is -0.467 e. The van der Waals surface area contributed by atoms with Crippen LogP contribution in [0.3, 0.4) is 0 Å². The molecule has 0 aliphatic rings. The minimum absolute atomic E-state index is 0.358. The summed E-state index contributed by atoms with van der Waals surface area (Å²) in [5, 5.41) is 0.719. The number of methoxy groups -OCH3 is 1. The van der Waals surface area contributed by atoms with Crippen LogP contribution in [0.1, 0.15) is 42.4 Å². The molecular weight excluding hydrogens is 410 g/mol. The smallest absolute Gasteiger partial charge is 0.330 e. The van der Waals surface area contributed by atoms with Crippen molar-refractivity contribution in [2.24, 2.45) is 4.99 Å². The number of benzene rings is 2. The number of carbonyl (C=O) groups excluding carboxylic acids is 1. The first-order valence-corrected chi connectivity index (χ1v) is 10.9. The van der Waals surface area contributed by atoms with Crippen LogP contribution < -0.4 is 0 Å². The number of rotatable bonds is 10. The SMILES string of the molecule is CCCCc1ncc(/C=N\C(Cc2ccccc2)C(=O)OC)n1Cc1ccccc1Cl. The number of nitrogens with zero attached hydrogens (tertiary/aromatic N) is 3. The summed E-state index contributed by atoms with van der Waals surface area (Å²) < 4.78 is 7.10. The Hall–Kier alpha value is -2.92. The van der Waals surface area contributed by atoms with Crippen molar-refractivity contribution in [1.29, 1.82) is 0 Å². The maximum Gasteiger partial charge on any atom is 0.330 e. The molecule has 1 unspecified atom stereocenters. The highest BCUT2D eigenvalue weighted by atomic mass is 35.5. The zero-order valence-electron chi connectivity index (χ0n) is 18.0. The zero-order chi connectivity index (χ0) is 22.1.